The molecule has 0 amide bonds. The molecule has 1 aromatic heterocycles. The Labute approximate surface area is 127 Å². The monoisotopic (exact) mass is 326 g/mol. The van der Waals surface area contributed by atoms with Gasteiger partial charge >= 0.3 is 0 Å². The Morgan fingerprint density at radius 3 is 2.86 bits per heavy atom. The second-order valence-corrected chi connectivity index (χ2v) is 6.51. The van der Waals surface area contributed by atoms with E-state index in [0.717, 1.165) is 0 Å². The topological polar surface area (TPSA) is 111 Å². The summed E-state index contributed by atoms with van der Waals surface area (Å²) in [5, 5.41) is 3.61. The number of benzene rings is 1. The number of nitrogens with one attached hydrogen (secondary N) is 1. The molecule has 1 heterocycles. The van der Waals surface area contributed by atoms with Gasteiger partial charge in [0.05, 0.1) is 4.90 Å². The summed E-state index contributed by atoms with van der Waals surface area (Å²) in [4.78, 5) is 4.12. The molecule has 1 aromatic carbocycles. The summed E-state index contributed by atoms with van der Waals surface area (Å²) in [5.41, 5.74) is 6.65. The predicted octanol–water partition coefficient (Wildman–Crippen LogP) is 0.533. The molecule has 0 unspecified atom stereocenters. The standard InChI is InChI=1S/C12H14N4O3S2/c1-8-2-3-9(12(13)20)6-10(8)21(17,18)15-5-4-11-14-7-19-16-11/h2-3,6-7,15H,4-5H2,1H3,(H2,13,20). The fraction of sp³-hybridized carbons (Fsp3) is 0.250. The van der Waals surface area contributed by atoms with Gasteiger partial charge in [-0.3, -0.25) is 0 Å². The van der Waals surface area contributed by atoms with Crippen LogP contribution in [0, 0.1) is 6.92 Å². The molecule has 0 aliphatic heterocycles. The van der Waals surface area contributed by atoms with Crippen molar-refractivity contribution in [2.24, 2.45) is 5.73 Å². The van der Waals surface area contributed by atoms with Gasteiger partial charge in [0.25, 0.3) is 0 Å². The van der Waals surface area contributed by atoms with Crippen LogP contribution in [0.5, 0.6) is 0 Å². The number of nitrogens with two attached hydrogens (primary N) is 1. The molecular formula is C12H14N4O3S2. The number of aromatic nitrogens is 2. The summed E-state index contributed by atoms with van der Waals surface area (Å²) < 4.78 is 31.7. The van der Waals surface area contributed by atoms with Gasteiger partial charge in [-0.15, -0.1) is 0 Å². The van der Waals surface area contributed by atoms with Gasteiger partial charge in [0, 0.05) is 18.5 Å². The summed E-state index contributed by atoms with van der Waals surface area (Å²) in [6.45, 7) is 1.87. The highest BCUT2D eigenvalue weighted by atomic mass is 32.2. The third-order valence-electron chi connectivity index (χ3n) is 2.81. The maximum atomic E-state index is 12.3. The van der Waals surface area contributed by atoms with Crippen molar-refractivity contribution in [2.75, 3.05) is 6.54 Å². The minimum Gasteiger partial charge on any atom is -0.389 e. The lowest BCUT2D eigenvalue weighted by atomic mass is 10.1. The van der Waals surface area contributed by atoms with Gasteiger partial charge in [-0.2, -0.15) is 4.98 Å². The largest absolute Gasteiger partial charge is 0.389 e. The van der Waals surface area contributed by atoms with E-state index in [0.29, 0.717) is 23.4 Å². The first-order valence-corrected chi connectivity index (χ1v) is 7.94. The van der Waals surface area contributed by atoms with Crippen molar-refractivity contribution in [2.45, 2.75) is 18.2 Å². The van der Waals surface area contributed by atoms with E-state index in [-0.39, 0.29) is 16.4 Å². The highest BCUT2D eigenvalue weighted by Gasteiger charge is 2.17. The van der Waals surface area contributed by atoms with Gasteiger partial charge in [-0.25, -0.2) is 13.1 Å². The van der Waals surface area contributed by atoms with Crippen molar-refractivity contribution >= 4 is 27.2 Å². The molecule has 21 heavy (non-hydrogen) atoms. The van der Waals surface area contributed by atoms with Crippen molar-refractivity contribution in [1.29, 1.82) is 0 Å². The van der Waals surface area contributed by atoms with E-state index in [1.54, 1.807) is 19.1 Å². The predicted molar refractivity (Wildman–Crippen MR) is 80.3 cm³/mol. The van der Waals surface area contributed by atoms with Crippen LogP contribution in [0.3, 0.4) is 0 Å². The molecule has 2 aromatic rings. The Hall–Kier alpha value is -1.84. The van der Waals surface area contributed by atoms with Crippen molar-refractivity contribution in [3.8, 4) is 0 Å². The number of hydrogen-bond donors (Lipinski definition) is 2. The van der Waals surface area contributed by atoms with Crippen molar-refractivity contribution in [3.63, 3.8) is 0 Å². The molecule has 0 saturated heterocycles. The van der Waals surface area contributed by atoms with Crippen LogP contribution < -0.4 is 10.5 Å². The van der Waals surface area contributed by atoms with Crippen LogP contribution >= 0.6 is 12.2 Å². The molecule has 112 valence electrons. The molecule has 0 atom stereocenters. The van der Waals surface area contributed by atoms with Crippen molar-refractivity contribution in [3.05, 3.63) is 41.5 Å². The number of thiocarbonyl (C=S) groups is 1. The zero-order chi connectivity index (χ0) is 15.5. The van der Waals surface area contributed by atoms with E-state index < -0.39 is 10.0 Å². The van der Waals surface area contributed by atoms with Gasteiger partial charge in [0.2, 0.25) is 16.4 Å². The Morgan fingerprint density at radius 2 is 2.24 bits per heavy atom. The van der Waals surface area contributed by atoms with Crippen LogP contribution in [0.15, 0.2) is 34.0 Å². The fourth-order valence-corrected chi connectivity index (χ4v) is 3.15. The first kappa shape index (κ1) is 15.5. The SMILES string of the molecule is Cc1ccc(C(N)=S)cc1S(=O)(=O)NCCc1ncon1. The van der Waals surface area contributed by atoms with Crippen LogP contribution in [-0.2, 0) is 16.4 Å². The average Bonchev–Trinajstić information content (AvgIpc) is 2.91. The minimum atomic E-state index is -3.65. The molecule has 0 radical (unpaired) electrons. The van der Waals surface area contributed by atoms with Crippen molar-refractivity contribution in [1.82, 2.24) is 14.9 Å². The number of sulfonamides is 1. The molecule has 2 rings (SSSR count). The quantitative estimate of drug-likeness (QED) is 0.745. The lowest BCUT2D eigenvalue weighted by Gasteiger charge is -2.10. The number of aryl methyl sites for hydroxylation is 1. The Kier molecular flexibility index (Phi) is 4.66. The number of rotatable bonds is 6. The Morgan fingerprint density at radius 1 is 1.48 bits per heavy atom. The van der Waals surface area contributed by atoms with Crippen molar-refractivity contribution < 1.29 is 12.9 Å². The molecule has 3 N–H and O–H groups in total. The van der Waals surface area contributed by atoms with Gasteiger partial charge < -0.3 is 10.3 Å². The van der Waals surface area contributed by atoms with Gasteiger partial charge in [0.15, 0.2) is 5.82 Å². The second kappa shape index (κ2) is 6.29. The third kappa shape index (κ3) is 3.84. The molecule has 0 bridgehead atoms. The van der Waals surface area contributed by atoms with Crippen LogP contribution in [0.25, 0.3) is 0 Å². The summed E-state index contributed by atoms with van der Waals surface area (Å²) in [6.07, 6.45) is 1.53. The molecule has 7 nitrogen and oxygen atoms in total. The first-order chi connectivity index (χ1) is 9.90. The highest BCUT2D eigenvalue weighted by molar-refractivity contribution is 7.89. The molecular weight excluding hydrogens is 312 g/mol. The molecule has 0 spiro atoms. The zero-order valence-electron chi connectivity index (χ0n) is 11.2. The van der Waals surface area contributed by atoms with Gasteiger partial charge in [0.1, 0.15) is 4.99 Å². The number of nitrogens with zero attached hydrogens (tertiary/aromatic N) is 2. The lowest BCUT2D eigenvalue weighted by molar-refractivity contribution is 0.410. The summed E-state index contributed by atoms with van der Waals surface area (Å²) >= 11 is 4.86. The van der Waals surface area contributed by atoms with E-state index >= 15 is 0 Å². The molecule has 0 aliphatic rings. The molecule has 0 saturated carbocycles. The van der Waals surface area contributed by atoms with E-state index in [1.165, 1.54) is 12.5 Å². The maximum Gasteiger partial charge on any atom is 0.240 e. The highest BCUT2D eigenvalue weighted by Crippen LogP contribution is 2.17. The lowest BCUT2D eigenvalue weighted by Crippen LogP contribution is -2.27. The first-order valence-electron chi connectivity index (χ1n) is 6.05. The van der Waals surface area contributed by atoms with Gasteiger partial charge in [-0.1, -0.05) is 29.5 Å². The molecule has 9 heteroatoms. The van der Waals surface area contributed by atoms with Crippen LogP contribution in [0.1, 0.15) is 17.0 Å². The zero-order valence-corrected chi connectivity index (χ0v) is 12.9. The van der Waals surface area contributed by atoms with E-state index in [1.807, 2.05) is 0 Å². The maximum absolute atomic E-state index is 12.3. The van der Waals surface area contributed by atoms with E-state index in [2.05, 4.69) is 19.4 Å². The van der Waals surface area contributed by atoms with Crippen LogP contribution in [0.4, 0.5) is 0 Å². The minimum absolute atomic E-state index is 0.151. The Balaban J connectivity index is 2.15. The average molecular weight is 326 g/mol. The van der Waals surface area contributed by atoms with Crippen LogP contribution in [0.2, 0.25) is 0 Å². The molecule has 0 fully saturated rings. The Bertz CT molecular complexity index is 742. The normalized spacial score (nSPS) is 11.5. The second-order valence-electron chi connectivity index (χ2n) is 4.34. The summed E-state index contributed by atoms with van der Waals surface area (Å²) in [5.74, 6) is 0.436. The fourth-order valence-electron chi connectivity index (χ4n) is 1.72. The van der Waals surface area contributed by atoms with E-state index in [4.69, 9.17) is 18.0 Å². The number of hydrogen-bond acceptors (Lipinski definition) is 6. The summed E-state index contributed by atoms with van der Waals surface area (Å²) in [6, 6.07) is 4.83. The van der Waals surface area contributed by atoms with E-state index in [9.17, 15) is 8.42 Å². The summed E-state index contributed by atoms with van der Waals surface area (Å²) in [7, 11) is -3.65. The third-order valence-corrected chi connectivity index (χ3v) is 4.65. The smallest absolute Gasteiger partial charge is 0.240 e. The van der Waals surface area contributed by atoms with Crippen LogP contribution in [-0.4, -0.2) is 30.1 Å². The van der Waals surface area contributed by atoms with Gasteiger partial charge in [-0.05, 0) is 18.6 Å². The molecule has 0 aliphatic carbocycles.